The van der Waals surface area contributed by atoms with Crippen LogP contribution in [0.3, 0.4) is 0 Å². The number of nitrogens with zero attached hydrogens (tertiary/aromatic N) is 1. The van der Waals surface area contributed by atoms with Crippen LogP contribution in [-0.4, -0.2) is 40.6 Å². The van der Waals surface area contributed by atoms with Crippen molar-refractivity contribution in [3.63, 3.8) is 0 Å². The van der Waals surface area contributed by atoms with Gasteiger partial charge < -0.3 is 9.45 Å². The summed E-state index contributed by atoms with van der Waals surface area (Å²) in [6.07, 6.45) is 6.44. The maximum Gasteiger partial charge on any atom is 0.301 e. The molecule has 0 amide bonds. The Morgan fingerprint density at radius 3 is 2.48 bits per heavy atom. The predicted molar refractivity (Wildman–Crippen MR) is 191 cm³/mol. The lowest BCUT2D eigenvalue weighted by Gasteiger charge is -2.22. The molecule has 5 rings (SSSR count). The molecule has 7 nitrogen and oxygen atoms in total. The molecule has 46 heavy (non-hydrogen) atoms. The van der Waals surface area contributed by atoms with Gasteiger partial charge >= 0.3 is 11.4 Å². The Morgan fingerprint density at radius 2 is 1.74 bits per heavy atom. The van der Waals surface area contributed by atoms with Crippen LogP contribution in [0.5, 0.6) is 0 Å². The average molecular weight is 695 g/mol. The van der Waals surface area contributed by atoms with E-state index >= 15 is 0 Å². The standard InChI is InChI=1S/C35H37NO6S4/c1-3-26(22-33(25(2)10-8-21-46(39,40)41)43-30-17-15-27-11-4-5-13-29(27)24-30)23-34-36(19-9-20-42-45(37)38)35-31-14-7-6-12-28(31)16-18-32(35)44-34/h4-7,11-18,22-24H,3,8-10,19-21H2,1-2H3,(H,37,38)(H,39,40,41)/p-1/b26-22?,33-25-,34-23?. The van der Waals surface area contributed by atoms with E-state index in [-0.39, 0.29) is 13.0 Å². The van der Waals surface area contributed by atoms with Crippen molar-refractivity contribution < 1.29 is 25.9 Å². The molecule has 0 radical (unpaired) electrons. The molecule has 0 fully saturated rings. The first-order chi connectivity index (χ1) is 22.1. The van der Waals surface area contributed by atoms with Crippen molar-refractivity contribution >= 4 is 72.2 Å². The molecule has 0 saturated carbocycles. The van der Waals surface area contributed by atoms with Gasteiger partial charge in [-0.25, -0.2) is 8.42 Å². The molecule has 1 N–H and O–H groups in total. The largest absolute Gasteiger partial charge is 0.748 e. The van der Waals surface area contributed by atoms with Crippen molar-refractivity contribution in [1.29, 1.82) is 0 Å². The van der Waals surface area contributed by atoms with E-state index in [2.05, 4.69) is 78.6 Å². The first-order valence-corrected chi connectivity index (χ1v) is 19.3. The first kappa shape index (κ1) is 34.4. The van der Waals surface area contributed by atoms with Crippen LogP contribution < -0.4 is 4.90 Å². The van der Waals surface area contributed by atoms with Gasteiger partial charge in [0.1, 0.15) is 0 Å². The highest BCUT2D eigenvalue weighted by molar-refractivity contribution is 8.04. The molecule has 0 aliphatic carbocycles. The molecule has 0 saturated heterocycles. The molecule has 1 heterocycles. The highest BCUT2D eigenvalue weighted by Crippen LogP contribution is 2.50. The highest BCUT2D eigenvalue weighted by atomic mass is 32.2. The maximum atomic E-state index is 11.3. The number of allylic oxidation sites excluding steroid dienone is 4. The lowest BCUT2D eigenvalue weighted by molar-refractivity contribution is 0.303. The van der Waals surface area contributed by atoms with E-state index < -0.39 is 27.2 Å². The van der Waals surface area contributed by atoms with Gasteiger partial charge in [0.25, 0.3) is 0 Å². The summed E-state index contributed by atoms with van der Waals surface area (Å²) in [7, 11) is -4.29. The van der Waals surface area contributed by atoms with E-state index in [1.807, 2.05) is 31.2 Å². The van der Waals surface area contributed by atoms with Crippen LogP contribution in [0.2, 0.25) is 0 Å². The SMILES string of the molecule is CCC(=C/C(Sc1ccc2ccccc2c1)=C(\C)CCCS(=O)(=O)[O-])C=C1Sc2ccc3ccccc3c2N1CCCOS(=O)O. The second-order valence-electron chi connectivity index (χ2n) is 11.0. The van der Waals surface area contributed by atoms with Crippen LogP contribution in [0.4, 0.5) is 5.69 Å². The quantitative estimate of drug-likeness (QED) is 0.0455. The van der Waals surface area contributed by atoms with Crippen LogP contribution in [0, 0.1) is 0 Å². The van der Waals surface area contributed by atoms with Gasteiger partial charge in [0.15, 0.2) is 0 Å². The molecule has 4 aromatic carbocycles. The minimum Gasteiger partial charge on any atom is -0.748 e. The molecule has 11 heteroatoms. The summed E-state index contributed by atoms with van der Waals surface area (Å²) >= 11 is 1.03. The minimum atomic E-state index is -4.29. The Kier molecular flexibility index (Phi) is 11.8. The molecule has 0 bridgehead atoms. The average Bonchev–Trinajstić information content (AvgIpc) is 3.38. The molecule has 242 valence electrons. The zero-order valence-corrected chi connectivity index (χ0v) is 28.9. The lowest BCUT2D eigenvalue weighted by Crippen LogP contribution is -2.21. The predicted octanol–water partition coefficient (Wildman–Crippen LogP) is 9.02. The Balaban J connectivity index is 1.51. The monoisotopic (exact) mass is 694 g/mol. The molecule has 0 spiro atoms. The number of rotatable bonds is 14. The third-order valence-electron chi connectivity index (χ3n) is 7.67. The van der Waals surface area contributed by atoms with Gasteiger partial charge in [-0.2, -0.15) is 4.21 Å². The topological polar surface area (TPSA) is 107 Å². The summed E-state index contributed by atoms with van der Waals surface area (Å²) in [5.74, 6) is -0.391. The van der Waals surface area contributed by atoms with Gasteiger partial charge in [-0.15, -0.1) is 0 Å². The number of fused-ring (bicyclic) bond motifs is 4. The smallest absolute Gasteiger partial charge is 0.301 e. The number of hydrogen-bond donors (Lipinski definition) is 1. The second kappa shape index (κ2) is 15.8. The van der Waals surface area contributed by atoms with Crippen molar-refractivity contribution in [3.8, 4) is 0 Å². The number of thioether (sulfide) groups is 2. The van der Waals surface area contributed by atoms with E-state index in [0.29, 0.717) is 19.4 Å². The van der Waals surface area contributed by atoms with Gasteiger partial charge in [0, 0.05) is 32.4 Å². The third kappa shape index (κ3) is 9.13. The van der Waals surface area contributed by atoms with Crippen LogP contribution >= 0.6 is 23.5 Å². The summed E-state index contributed by atoms with van der Waals surface area (Å²) in [4.78, 5) is 5.49. The normalized spacial score (nSPS) is 15.9. The van der Waals surface area contributed by atoms with E-state index in [0.717, 1.165) is 64.5 Å². The summed E-state index contributed by atoms with van der Waals surface area (Å²) < 4.78 is 59.0. The summed E-state index contributed by atoms with van der Waals surface area (Å²) in [6.45, 7) is 4.87. The molecule has 1 aliphatic rings. The fourth-order valence-corrected chi connectivity index (χ4v) is 8.37. The van der Waals surface area contributed by atoms with E-state index in [1.165, 1.54) is 0 Å². The maximum absolute atomic E-state index is 11.3. The Morgan fingerprint density at radius 1 is 1.02 bits per heavy atom. The number of benzene rings is 4. The molecule has 1 unspecified atom stereocenters. The first-order valence-electron chi connectivity index (χ1n) is 15.0. The lowest BCUT2D eigenvalue weighted by atomic mass is 10.1. The molecular weight excluding hydrogens is 659 g/mol. The van der Waals surface area contributed by atoms with Crippen LogP contribution in [0.15, 0.2) is 122 Å². The molecule has 1 aliphatic heterocycles. The van der Waals surface area contributed by atoms with E-state index in [4.69, 9.17) is 8.74 Å². The van der Waals surface area contributed by atoms with E-state index in [9.17, 15) is 17.2 Å². The van der Waals surface area contributed by atoms with Crippen molar-refractivity contribution in [1.82, 2.24) is 0 Å². The Hall–Kier alpha value is -2.90. The van der Waals surface area contributed by atoms with Gasteiger partial charge in [-0.3, -0.25) is 8.74 Å². The molecule has 0 aromatic heterocycles. The zero-order valence-electron chi connectivity index (χ0n) is 25.7. The summed E-state index contributed by atoms with van der Waals surface area (Å²) in [5.41, 5.74) is 3.23. The second-order valence-corrected chi connectivity index (χ2v) is 15.3. The van der Waals surface area contributed by atoms with Gasteiger partial charge in [0.2, 0.25) is 0 Å². The van der Waals surface area contributed by atoms with Crippen LogP contribution in [0.25, 0.3) is 21.5 Å². The summed E-state index contributed by atoms with van der Waals surface area (Å²) in [5, 5.41) is 5.63. The Bertz CT molecular complexity index is 1950. The fourth-order valence-electron chi connectivity index (χ4n) is 5.36. The molecule has 4 aromatic rings. The third-order valence-corrected chi connectivity index (χ3v) is 11.1. The Labute approximate surface area is 282 Å². The summed E-state index contributed by atoms with van der Waals surface area (Å²) in [6, 6.07) is 27.1. The van der Waals surface area contributed by atoms with Crippen molar-refractivity contribution in [2.24, 2.45) is 0 Å². The number of hydrogen-bond acceptors (Lipinski definition) is 8. The molecule has 1 atom stereocenters. The van der Waals surface area contributed by atoms with Crippen molar-refractivity contribution in [2.75, 3.05) is 23.8 Å². The van der Waals surface area contributed by atoms with Crippen molar-refractivity contribution in [3.05, 3.63) is 112 Å². The van der Waals surface area contributed by atoms with Crippen LogP contribution in [-0.2, 0) is 25.7 Å². The van der Waals surface area contributed by atoms with Crippen LogP contribution in [0.1, 0.15) is 39.5 Å². The van der Waals surface area contributed by atoms with Gasteiger partial charge in [-0.1, -0.05) is 96.7 Å². The van der Waals surface area contributed by atoms with Gasteiger partial charge in [-0.05, 0) is 84.7 Å². The number of anilines is 1. The zero-order chi connectivity index (χ0) is 32.7. The highest BCUT2D eigenvalue weighted by Gasteiger charge is 2.27. The molecular formula is C35H36NO6S4-. The minimum absolute atomic E-state index is 0.154. The van der Waals surface area contributed by atoms with Crippen molar-refractivity contribution in [2.45, 2.75) is 49.3 Å². The van der Waals surface area contributed by atoms with E-state index in [1.54, 1.807) is 23.5 Å². The fraction of sp³-hybridized carbons (Fsp3) is 0.257. The van der Waals surface area contributed by atoms with Gasteiger partial charge in [0.05, 0.1) is 27.4 Å².